The molecule has 0 fully saturated rings. The second-order valence-electron chi connectivity index (χ2n) is 3.53. The minimum absolute atomic E-state index is 0.553. The van der Waals surface area contributed by atoms with Crippen LogP contribution in [0.3, 0.4) is 0 Å². The highest BCUT2D eigenvalue weighted by atomic mass is 16.4. The quantitative estimate of drug-likeness (QED) is 0.445. The predicted octanol–water partition coefficient (Wildman–Crippen LogP) is 2.02. The first kappa shape index (κ1) is 7.81. The maximum Gasteiger partial charge on any atom is 0.309 e. The van der Waals surface area contributed by atoms with Crippen LogP contribution in [0.15, 0.2) is 41.2 Å². The molecule has 0 saturated heterocycles. The molecule has 1 aromatic carbocycles. The molecule has 0 N–H and O–H groups in total. The van der Waals surface area contributed by atoms with Gasteiger partial charge in [0.2, 0.25) is 5.71 Å². The van der Waals surface area contributed by atoms with Gasteiger partial charge in [0.1, 0.15) is 11.8 Å². The molecule has 3 heterocycles. The second-order valence-corrected chi connectivity index (χ2v) is 3.53. The summed E-state index contributed by atoms with van der Waals surface area (Å²) in [7, 11) is 0. The van der Waals surface area contributed by atoms with Gasteiger partial charge in [0, 0.05) is 0 Å². The molecule has 0 aliphatic heterocycles. The molecule has 0 saturated carbocycles. The maximum atomic E-state index is 5.54. The molecule has 4 rings (SSSR count). The van der Waals surface area contributed by atoms with Crippen LogP contribution in [0.2, 0.25) is 0 Å². The summed E-state index contributed by atoms with van der Waals surface area (Å²) in [5.74, 6) is 0.553. The fourth-order valence-electron chi connectivity index (χ4n) is 1.93. The van der Waals surface area contributed by atoms with Gasteiger partial charge in [0.05, 0.1) is 17.2 Å². The molecule has 0 unspecified atom stereocenters. The van der Waals surface area contributed by atoms with Gasteiger partial charge in [-0.3, -0.25) is 4.40 Å². The Bertz CT molecular complexity index is 749. The van der Waals surface area contributed by atoms with E-state index < -0.39 is 0 Å². The standard InChI is InChI=1S/C11H6N4O/c1-2-4-8-7(3-1)14-11-15(8)9-5-12-6-13-10(9)16-11/h1-6H. The van der Waals surface area contributed by atoms with Crippen molar-refractivity contribution in [2.75, 3.05) is 0 Å². The van der Waals surface area contributed by atoms with E-state index in [9.17, 15) is 0 Å². The minimum Gasteiger partial charge on any atom is -0.404 e. The Morgan fingerprint density at radius 2 is 2.06 bits per heavy atom. The zero-order valence-electron chi connectivity index (χ0n) is 8.16. The van der Waals surface area contributed by atoms with Crippen molar-refractivity contribution in [1.29, 1.82) is 0 Å². The van der Waals surface area contributed by atoms with Gasteiger partial charge in [-0.05, 0) is 12.1 Å². The fourth-order valence-corrected chi connectivity index (χ4v) is 1.93. The number of benzene rings is 1. The Balaban J connectivity index is 2.38. The average Bonchev–Trinajstić information content (AvgIpc) is 2.83. The topological polar surface area (TPSA) is 56.2 Å². The van der Waals surface area contributed by atoms with Gasteiger partial charge >= 0.3 is 5.84 Å². The van der Waals surface area contributed by atoms with Gasteiger partial charge in [-0.15, -0.1) is 0 Å². The van der Waals surface area contributed by atoms with Crippen LogP contribution in [-0.2, 0) is 0 Å². The molecular formula is C11H6N4O. The monoisotopic (exact) mass is 210 g/mol. The van der Waals surface area contributed by atoms with Crippen LogP contribution in [0.5, 0.6) is 0 Å². The van der Waals surface area contributed by atoms with E-state index >= 15 is 0 Å². The molecule has 4 aromatic rings. The predicted molar refractivity (Wildman–Crippen MR) is 58.1 cm³/mol. The van der Waals surface area contributed by atoms with Crippen molar-refractivity contribution in [3.8, 4) is 0 Å². The number of hydrogen-bond donors (Lipinski definition) is 0. The molecule has 5 heteroatoms. The van der Waals surface area contributed by atoms with Gasteiger partial charge < -0.3 is 4.42 Å². The molecule has 0 radical (unpaired) electrons. The van der Waals surface area contributed by atoms with Crippen molar-refractivity contribution in [1.82, 2.24) is 19.4 Å². The molecule has 0 aliphatic carbocycles. The number of nitrogens with zero attached hydrogens (tertiary/aromatic N) is 4. The number of para-hydroxylation sites is 2. The number of imidazole rings is 1. The molecule has 16 heavy (non-hydrogen) atoms. The SMILES string of the molecule is c1ccc2c(c1)nc1oc3ncncc3n12. The lowest BCUT2D eigenvalue weighted by Crippen LogP contribution is -1.82. The van der Waals surface area contributed by atoms with Crippen molar-refractivity contribution in [3.05, 3.63) is 36.8 Å². The number of fused-ring (bicyclic) bond motifs is 5. The Labute approximate surface area is 89.4 Å². The summed E-state index contributed by atoms with van der Waals surface area (Å²) < 4.78 is 7.46. The van der Waals surface area contributed by atoms with Gasteiger partial charge in [-0.25, -0.2) is 4.98 Å². The first-order chi connectivity index (χ1) is 7.93. The van der Waals surface area contributed by atoms with Crippen LogP contribution in [0, 0.1) is 0 Å². The molecule has 5 nitrogen and oxygen atoms in total. The van der Waals surface area contributed by atoms with Crippen LogP contribution in [0.25, 0.3) is 28.1 Å². The summed E-state index contributed by atoms with van der Waals surface area (Å²) in [6.45, 7) is 0. The van der Waals surface area contributed by atoms with Crippen LogP contribution >= 0.6 is 0 Å². The van der Waals surface area contributed by atoms with Crippen molar-refractivity contribution < 1.29 is 4.42 Å². The normalized spacial score (nSPS) is 11.8. The summed E-state index contributed by atoms with van der Waals surface area (Å²) in [4.78, 5) is 12.4. The van der Waals surface area contributed by atoms with Gasteiger partial charge in [-0.1, -0.05) is 12.1 Å². The molecule has 0 bridgehead atoms. The Kier molecular flexibility index (Phi) is 1.26. The molecular weight excluding hydrogens is 204 g/mol. The molecule has 0 spiro atoms. The Morgan fingerprint density at radius 1 is 1.12 bits per heavy atom. The van der Waals surface area contributed by atoms with E-state index in [4.69, 9.17) is 4.42 Å². The van der Waals surface area contributed by atoms with Crippen molar-refractivity contribution in [2.24, 2.45) is 0 Å². The number of rotatable bonds is 0. The van der Waals surface area contributed by atoms with Crippen LogP contribution < -0.4 is 0 Å². The lowest BCUT2D eigenvalue weighted by molar-refractivity contribution is 0.629. The lowest BCUT2D eigenvalue weighted by Gasteiger charge is -1.90. The first-order valence-corrected chi connectivity index (χ1v) is 4.89. The summed E-state index contributed by atoms with van der Waals surface area (Å²) in [6, 6.07) is 7.87. The zero-order chi connectivity index (χ0) is 10.5. The van der Waals surface area contributed by atoms with E-state index in [1.165, 1.54) is 6.33 Å². The number of hydrogen-bond acceptors (Lipinski definition) is 4. The van der Waals surface area contributed by atoms with Crippen LogP contribution in [-0.4, -0.2) is 19.4 Å². The van der Waals surface area contributed by atoms with Crippen molar-refractivity contribution in [2.45, 2.75) is 0 Å². The highest BCUT2D eigenvalue weighted by Crippen LogP contribution is 2.23. The lowest BCUT2D eigenvalue weighted by atomic mass is 10.3. The van der Waals surface area contributed by atoms with E-state index in [1.54, 1.807) is 6.20 Å². The highest BCUT2D eigenvalue weighted by Gasteiger charge is 2.12. The van der Waals surface area contributed by atoms with E-state index in [0.717, 1.165) is 16.6 Å². The van der Waals surface area contributed by atoms with Crippen molar-refractivity contribution in [3.63, 3.8) is 0 Å². The van der Waals surface area contributed by atoms with Crippen LogP contribution in [0.4, 0.5) is 0 Å². The zero-order valence-corrected chi connectivity index (χ0v) is 8.16. The molecule has 0 atom stereocenters. The Morgan fingerprint density at radius 3 is 3.06 bits per heavy atom. The summed E-state index contributed by atoms with van der Waals surface area (Å²) in [5, 5.41) is 0. The molecule has 0 aliphatic rings. The van der Waals surface area contributed by atoms with Crippen molar-refractivity contribution >= 4 is 28.1 Å². The number of oxazole rings is 1. The fraction of sp³-hybridized carbons (Fsp3) is 0. The maximum absolute atomic E-state index is 5.54. The van der Waals surface area contributed by atoms with Gasteiger partial charge in [-0.2, -0.15) is 9.97 Å². The van der Waals surface area contributed by atoms with E-state index in [-0.39, 0.29) is 0 Å². The smallest absolute Gasteiger partial charge is 0.309 e. The summed E-state index contributed by atoms with van der Waals surface area (Å²) in [6.07, 6.45) is 3.19. The first-order valence-electron chi connectivity index (χ1n) is 4.89. The van der Waals surface area contributed by atoms with Gasteiger partial charge in [0.25, 0.3) is 0 Å². The minimum atomic E-state index is 0.553. The molecule has 0 amide bonds. The van der Waals surface area contributed by atoms with Gasteiger partial charge in [0.15, 0.2) is 0 Å². The average molecular weight is 210 g/mol. The third-order valence-electron chi connectivity index (χ3n) is 2.62. The summed E-state index contributed by atoms with van der Waals surface area (Å²) >= 11 is 0. The van der Waals surface area contributed by atoms with E-state index in [0.29, 0.717) is 11.6 Å². The Hall–Kier alpha value is -2.43. The largest absolute Gasteiger partial charge is 0.404 e. The second kappa shape index (κ2) is 2.57. The third kappa shape index (κ3) is 0.826. The third-order valence-corrected chi connectivity index (χ3v) is 2.62. The van der Waals surface area contributed by atoms with E-state index in [1.807, 2.05) is 28.7 Å². The number of aromatic nitrogens is 4. The molecule has 3 aromatic heterocycles. The summed E-state index contributed by atoms with van der Waals surface area (Å²) in [5.41, 5.74) is 3.31. The highest BCUT2D eigenvalue weighted by molar-refractivity contribution is 5.86. The molecule has 76 valence electrons. The van der Waals surface area contributed by atoms with E-state index in [2.05, 4.69) is 15.0 Å². The van der Waals surface area contributed by atoms with Crippen LogP contribution in [0.1, 0.15) is 0 Å².